The normalized spacial score (nSPS) is 14.1. The lowest BCUT2D eigenvalue weighted by Crippen LogP contribution is -2.43. The van der Waals surface area contributed by atoms with Crippen molar-refractivity contribution in [1.82, 2.24) is 9.55 Å². The Hall–Kier alpha value is -2.41. The van der Waals surface area contributed by atoms with Crippen LogP contribution in [0.2, 0.25) is 0 Å². The highest BCUT2D eigenvalue weighted by molar-refractivity contribution is 5.32. The monoisotopic (exact) mass is 363 g/mol. The van der Waals surface area contributed by atoms with Crippen LogP contribution < -0.4 is 0 Å². The molecule has 1 aromatic carbocycles. The molecule has 26 heavy (non-hydrogen) atoms. The summed E-state index contributed by atoms with van der Waals surface area (Å²) in [7, 11) is 0. The number of rotatable bonds is 3. The van der Waals surface area contributed by atoms with E-state index in [2.05, 4.69) is 70.8 Å². The maximum atomic E-state index is 11.4. The van der Waals surface area contributed by atoms with Crippen LogP contribution in [0, 0.1) is 15.5 Å². The van der Waals surface area contributed by atoms with Crippen molar-refractivity contribution in [3.63, 3.8) is 0 Å². The van der Waals surface area contributed by atoms with Gasteiger partial charge in [0.05, 0.1) is 12.9 Å². The second kappa shape index (κ2) is 7.86. The third kappa shape index (κ3) is 5.56. The molecule has 2 rings (SSSR count). The maximum absolute atomic E-state index is 11.4. The van der Waals surface area contributed by atoms with Gasteiger partial charge in [-0.1, -0.05) is 65.8 Å². The van der Waals surface area contributed by atoms with Crippen molar-refractivity contribution in [2.45, 2.75) is 59.1 Å². The minimum absolute atomic E-state index is 0.114. The molecule has 2 aromatic rings. The van der Waals surface area contributed by atoms with E-state index < -0.39 is 10.7 Å². The highest BCUT2D eigenvalue weighted by atomic mass is 16.9. The van der Waals surface area contributed by atoms with Crippen LogP contribution in [0.3, 0.4) is 0 Å². The van der Waals surface area contributed by atoms with Crippen LogP contribution in [0.5, 0.6) is 0 Å². The van der Waals surface area contributed by atoms with Crippen LogP contribution in [0.25, 0.3) is 0 Å². The SMILES string of the molecule is CC(C)(C)c1ccc(C(O)(Cn2ccnc2)C(C)(C)C)cc1.O=[N+]([O-])O. The lowest BCUT2D eigenvalue weighted by atomic mass is 9.71. The summed E-state index contributed by atoms with van der Waals surface area (Å²) in [6, 6.07) is 8.37. The van der Waals surface area contributed by atoms with Gasteiger partial charge in [-0.2, -0.15) is 0 Å². The van der Waals surface area contributed by atoms with Gasteiger partial charge in [0.15, 0.2) is 0 Å². The Morgan fingerprint density at radius 2 is 1.54 bits per heavy atom. The first-order valence-corrected chi connectivity index (χ1v) is 8.40. The Morgan fingerprint density at radius 3 is 1.88 bits per heavy atom. The van der Waals surface area contributed by atoms with Crippen LogP contribution in [-0.4, -0.2) is 25.0 Å². The average Bonchev–Trinajstić information content (AvgIpc) is 2.97. The molecular formula is C19H29N3O4. The first-order valence-electron chi connectivity index (χ1n) is 8.40. The lowest BCUT2D eigenvalue weighted by Gasteiger charge is -2.41. The number of aromatic nitrogens is 2. The highest BCUT2D eigenvalue weighted by Gasteiger charge is 2.42. The van der Waals surface area contributed by atoms with E-state index in [-0.39, 0.29) is 10.8 Å². The van der Waals surface area contributed by atoms with Gasteiger partial charge >= 0.3 is 0 Å². The zero-order chi connectivity index (χ0) is 20.2. The maximum Gasteiger partial charge on any atom is 0.291 e. The Bertz CT molecular complexity index is 694. The van der Waals surface area contributed by atoms with Gasteiger partial charge < -0.3 is 14.9 Å². The number of aliphatic hydroxyl groups is 1. The third-order valence-corrected chi connectivity index (χ3v) is 4.44. The fourth-order valence-electron chi connectivity index (χ4n) is 2.65. The fourth-order valence-corrected chi connectivity index (χ4v) is 2.65. The summed E-state index contributed by atoms with van der Waals surface area (Å²) in [6.45, 7) is 13.3. The van der Waals surface area contributed by atoms with Crippen LogP contribution in [0.15, 0.2) is 43.0 Å². The third-order valence-electron chi connectivity index (χ3n) is 4.44. The van der Waals surface area contributed by atoms with E-state index in [9.17, 15) is 5.11 Å². The van der Waals surface area contributed by atoms with Crippen molar-refractivity contribution in [2.75, 3.05) is 0 Å². The summed E-state index contributed by atoms with van der Waals surface area (Å²) in [5, 5.41) is 25.1. The number of hydrogen-bond acceptors (Lipinski definition) is 4. The van der Waals surface area contributed by atoms with Gasteiger partial charge in [-0.25, -0.2) is 4.98 Å². The molecule has 0 spiro atoms. The molecule has 144 valence electrons. The molecule has 1 atom stereocenters. The van der Waals surface area contributed by atoms with Gasteiger partial charge in [-0.3, -0.25) is 0 Å². The average molecular weight is 363 g/mol. The number of imidazole rings is 1. The molecule has 0 saturated carbocycles. The molecule has 0 amide bonds. The van der Waals surface area contributed by atoms with Crippen molar-refractivity contribution in [3.8, 4) is 0 Å². The Balaban J connectivity index is 0.000000765. The summed E-state index contributed by atoms with van der Waals surface area (Å²) in [5.41, 5.74) is 1.09. The molecule has 0 radical (unpaired) electrons. The fraction of sp³-hybridized carbons (Fsp3) is 0.526. The van der Waals surface area contributed by atoms with Gasteiger partial charge in [0, 0.05) is 12.4 Å². The Labute approximate surface area is 154 Å². The molecule has 0 saturated heterocycles. The molecule has 7 heteroatoms. The Morgan fingerprint density at radius 1 is 1.08 bits per heavy atom. The van der Waals surface area contributed by atoms with Crippen LogP contribution >= 0.6 is 0 Å². The first-order chi connectivity index (χ1) is 11.8. The largest absolute Gasteiger partial charge is 0.383 e. The molecular weight excluding hydrogens is 334 g/mol. The second-order valence-corrected chi connectivity index (χ2v) is 8.41. The zero-order valence-electron chi connectivity index (χ0n) is 16.3. The lowest BCUT2D eigenvalue weighted by molar-refractivity contribution is -0.742. The van der Waals surface area contributed by atoms with Crippen molar-refractivity contribution < 1.29 is 15.4 Å². The Kier molecular flexibility index (Phi) is 6.54. The van der Waals surface area contributed by atoms with E-state index in [1.165, 1.54) is 5.56 Å². The molecule has 1 heterocycles. The molecule has 0 bridgehead atoms. The van der Waals surface area contributed by atoms with Gasteiger partial charge in [0.25, 0.3) is 5.09 Å². The molecule has 2 N–H and O–H groups in total. The predicted octanol–water partition coefficient (Wildman–Crippen LogP) is 3.77. The number of hydrogen-bond donors (Lipinski definition) is 2. The molecule has 0 fully saturated rings. The van der Waals surface area contributed by atoms with E-state index >= 15 is 0 Å². The van der Waals surface area contributed by atoms with E-state index in [4.69, 9.17) is 15.3 Å². The summed E-state index contributed by atoms with van der Waals surface area (Å²) >= 11 is 0. The molecule has 0 aliphatic heterocycles. The van der Waals surface area contributed by atoms with Crippen molar-refractivity contribution >= 4 is 0 Å². The minimum atomic E-state index is -1.50. The predicted molar refractivity (Wildman–Crippen MR) is 99.5 cm³/mol. The molecule has 0 aliphatic rings. The van der Waals surface area contributed by atoms with Crippen molar-refractivity contribution in [2.24, 2.45) is 5.41 Å². The van der Waals surface area contributed by atoms with Gasteiger partial charge in [0.2, 0.25) is 0 Å². The molecule has 1 aromatic heterocycles. The minimum Gasteiger partial charge on any atom is -0.383 e. The second-order valence-electron chi connectivity index (χ2n) is 8.41. The summed E-state index contributed by atoms with van der Waals surface area (Å²) in [6.07, 6.45) is 5.38. The molecule has 7 nitrogen and oxygen atoms in total. The van der Waals surface area contributed by atoms with Crippen LogP contribution in [0.4, 0.5) is 0 Å². The van der Waals surface area contributed by atoms with Crippen LogP contribution in [0.1, 0.15) is 52.7 Å². The summed E-state index contributed by atoms with van der Waals surface area (Å²) in [5.74, 6) is 0. The van der Waals surface area contributed by atoms with Gasteiger partial charge in [-0.05, 0) is 22.0 Å². The first kappa shape index (κ1) is 21.6. The van der Waals surface area contributed by atoms with E-state index in [0.717, 1.165) is 5.56 Å². The topological polar surface area (TPSA) is 101 Å². The van der Waals surface area contributed by atoms with E-state index in [1.54, 1.807) is 12.5 Å². The number of benzene rings is 1. The van der Waals surface area contributed by atoms with Crippen LogP contribution in [-0.2, 0) is 17.6 Å². The summed E-state index contributed by atoms with van der Waals surface area (Å²) in [4.78, 5) is 12.4. The van der Waals surface area contributed by atoms with Crippen molar-refractivity contribution in [1.29, 1.82) is 0 Å². The van der Waals surface area contributed by atoms with Gasteiger partial charge in [0.1, 0.15) is 5.60 Å². The number of nitrogens with zero attached hydrogens (tertiary/aromatic N) is 3. The molecule has 0 aliphatic carbocycles. The highest BCUT2D eigenvalue weighted by Crippen LogP contribution is 2.41. The summed E-state index contributed by atoms with van der Waals surface area (Å²) < 4.78 is 1.93. The molecule has 1 unspecified atom stereocenters. The van der Waals surface area contributed by atoms with E-state index in [0.29, 0.717) is 6.54 Å². The zero-order valence-corrected chi connectivity index (χ0v) is 16.3. The van der Waals surface area contributed by atoms with E-state index in [1.807, 2.05) is 10.8 Å². The quantitative estimate of drug-likeness (QED) is 0.638. The van der Waals surface area contributed by atoms with Crippen molar-refractivity contribution in [3.05, 3.63) is 64.2 Å². The standard InChI is InChI=1S/C19H28N2O.HNO3/c1-17(2,3)15-7-9-16(10-8-15)19(22,18(4,5)6)13-21-12-11-20-14-21;2-1(3)4/h7-12,14,22H,13H2,1-6H3;(H,2,3,4). The van der Waals surface area contributed by atoms with Gasteiger partial charge in [-0.15, -0.1) is 10.1 Å². The smallest absolute Gasteiger partial charge is 0.291 e.